The van der Waals surface area contributed by atoms with Crippen LogP contribution in [0.25, 0.3) is 0 Å². The van der Waals surface area contributed by atoms with Crippen LogP contribution < -0.4 is 11.1 Å². The van der Waals surface area contributed by atoms with E-state index < -0.39 is 0 Å². The fourth-order valence-electron chi connectivity index (χ4n) is 0.752. The van der Waals surface area contributed by atoms with E-state index in [4.69, 9.17) is 5.73 Å². The number of carbonyl (C=O) groups is 1. The summed E-state index contributed by atoms with van der Waals surface area (Å²) in [6.07, 6.45) is 1.44. The predicted molar refractivity (Wildman–Crippen MR) is 44.7 cm³/mol. The molecule has 5 heteroatoms. The Bertz CT molecular complexity index is 99.8. The normalized spacial score (nSPS) is 23.7. The Balaban J connectivity index is 0. The average molecular weight is 187 g/mol. The maximum Gasteiger partial charge on any atom is 0.220 e. The number of nitrogens with two attached hydrogens (primary N) is 1. The van der Waals surface area contributed by atoms with E-state index in [1.807, 2.05) is 0 Å². The fourth-order valence-corrected chi connectivity index (χ4v) is 0.752. The van der Waals surface area contributed by atoms with Gasteiger partial charge < -0.3 is 11.1 Å². The van der Waals surface area contributed by atoms with E-state index in [2.05, 4.69) is 5.32 Å². The molecule has 1 amide bonds. The molecule has 0 aromatic rings. The van der Waals surface area contributed by atoms with Gasteiger partial charge in [-0.3, -0.25) is 4.79 Å². The number of hydrogen-bond donors (Lipinski definition) is 2. The molecule has 62 valence electrons. The van der Waals surface area contributed by atoms with Gasteiger partial charge in [0.1, 0.15) is 0 Å². The first kappa shape index (κ1) is 12.7. The number of amides is 1. The summed E-state index contributed by atoms with van der Waals surface area (Å²) in [6.45, 7) is 0.652. The molecule has 0 aliphatic carbocycles. The first-order chi connectivity index (χ1) is 3.79. The maximum absolute atomic E-state index is 10.4. The predicted octanol–water partition coefficient (Wildman–Crippen LogP) is 0.0673. The molecule has 1 heterocycles. The number of piperidine rings is 1. The summed E-state index contributed by atoms with van der Waals surface area (Å²) in [5, 5.41) is 2.67. The standard InChI is InChI=1S/C5H10N2O.2ClH/c6-4-1-2-5(8)7-3-4;;/h4H,1-3,6H2,(H,7,8);2*1H/t4-;;/m1../s1. The minimum atomic E-state index is 0. The molecule has 1 aliphatic rings. The maximum atomic E-state index is 10.4. The van der Waals surface area contributed by atoms with Crippen molar-refractivity contribution in [1.29, 1.82) is 0 Å². The monoisotopic (exact) mass is 186 g/mol. The summed E-state index contributed by atoms with van der Waals surface area (Å²) in [6, 6.07) is 0.188. The highest BCUT2D eigenvalue weighted by atomic mass is 35.5. The summed E-state index contributed by atoms with van der Waals surface area (Å²) >= 11 is 0. The van der Waals surface area contributed by atoms with Crippen molar-refractivity contribution in [2.75, 3.05) is 6.54 Å². The number of hydrogen-bond acceptors (Lipinski definition) is 2. The van der Waals surface area contributed by atoms with Gasteiger partial charge in [0.2, 0.25) is 5.91 Å². The minimum Gasteiger partial charge on any atom is -0.355 e. The Morgan fingerprint density at radius 1 is 1.50 bits per heavy atom. The third kappa shape index (κ3) is 3.93. The number of nitrogens with one attached hydrogen (secondary N) is 1. The van der Waals surface area contributed by atoms with Crippen molar-refractivity contribution < 1.29 is 4.79 Å². The fraction of sp³-hybridized carbons (Fsp3) is 0.800. The molecular weight excluding hydrogens is 175 g/mol. The first-order valence-electron chi connectivity index (χ1n) is 2.81. The summed E-state index contributed by atoms with van der Waals surface area (Å²) in [5.74, 6) is 0.131. The number of halogens is 2. The second-order valence-electron chi connectivity index (χ2n) is 2.10. The first-order valence-corrected chi connectivity index (χ1v) is 2.81. The molecule has 10 heavy (non-hydrogen) atoms. The van der Waals surface area contributed by atoms with Crippen molar-refractivity contribution in [1.82, 2.24) is 5.32 Å². The molecule has 0 saturated carbocycles. The van der Waals surface area contributed by atoms with Gasteiger partial charge in [0.15, 0.2) is 0 Å². The molecule has 1 saturated heterocycles. The van der Waals surface area contributed by atoms with Crippen molar-refractivity contribution in [2.45, 2.75) is 18.9 Å². The van der Waals surface area contributed by atoms with Crippen LogP contribution in [0.5, 0.6) is 0 Å². The van der Waals surface area contributed by atoms with Crippen molar-refractivity contribution in [3.63, 3.8) is 0 Å². The van der Waals surface area contributed by atoms with E-state index in [-0.39, 0.29) is 36.8 Å². The Hall–Kier alpha value is 0.01000. The summed E-state index contributed by atoms with van der Waals surface area (Å²) in [4.78, 5) is 10.4. The second kappa shape index (κ2) is 5.77. The van der Waals surface area contributed by atoms with Gasteiger partial charge in [0.25, 0.3) is 0 Å². The summed E-state index contributed by atoms with van der Waals surface area (Å²) < 4.78 is 0. The lowest BCUT2D eigenvalue weighted by Crippen LogP contribution is -2.42. The third-order valence-corrected chi connectivity index (χ3v) is 1.30. The van der Waals surface area contributed by atoms with Gasteiger partial charge in [-0.05, 0) is 6.42 Å². The van der Waals surface area contributed by atoms with Crippen LogP contribution in [0.2, 0.25) is 0 Å². The van der Waals surface area contributed by atoms with Crippen molar-refractivity contribution in [3.8, 4) is 0 Å². The van der Waals surface area contributed by atoms with E-state index in [0.717, 1.165) is 6.42 Å². The van der Waals surface area contributed by atoms with E-state index in [1.54, 1.807) is 0 Å². The van der Waals surface area contributed by atoms with Gasteiger partial charge in [-0.15, -0.1) is 24.8 Å². The van der Waals surface area contributed by atoms with Crippen LogP contribution in [0.15, 0.2) is 0 Å². The molecule has 0 aromatic carbocycles. The lowest BCUT2D eigenvalue weighted by molar-refractivity contribution is -0.122. The van der Waals surface area contributed by atoms with Gasteiger partial charge in [0.05, 0.1) is 0 Å². The Morgan fingerprint density at radius 2 is 2.10 bits per heavy atom. The van der Waals surface area contributed by atoms with Gasteiger partial charge in [-0.25, -0.2) is 0 Å². The van der Waals surface area contributed by atoms with Gasteiger partial charge in [-0.2, -0.15) is 0 Å². The molecule has 1 atom stereocenters. The average Bonchev–Trinajstić information content (AvgIpc) is 1.77. The zero-order valence-corrected chi connectivity index (χ0v) is 7.13. The zero-order valence-electron chi connectivity index (χ0n) is 5.50. The Morgan fingerprint density at radius 3 is 2.40 bits per heavy atom. The van der Waals surface area contributed by atoms with Crippen molar-refractivity contribution >= 4 is 30.7 Å². The van der Waals surface area contributed by atoms with Gasteiger partial charge in [0, 0.05) is 19.0 Å². The molecule has 3 N–H and O–H groups in total. The van der Waals surface area contributed by atoms with Crippen LogP contribution in [-0.2, 0) is 4.79 Å². The van der Waals surface area contributed by atoms with E-state index in [9.17, 15) is 4.79 Å². The second-order valence-corrected chi connectivity index (χ2v) is 2.10. The topological polar surface area (TPSA) is 55.1 Å². The largest absolute Gasteiger partial charge is 0.355 e. The SMILES string of the molecule is Cl.Cl.N[C@@H]1CCC(=O)NC1. The highest BCUT2D eigenvalue weighted by molar-refractivity contribution is 5.85. The van der Waals surface area contributed by atoms with Gasteiger partial charge in [-0.1, -0.05) is 0 Å². The smallest absolute Gasteiger partial charge is 0.220 e. The van der Waals surface area contributed by atoms with Crippen LogP contribution in [0, 0.1) is 0 Å². The molecule has 0 unspecified atom stereocenters. The summed E-state index contributed by atoms with van der Waals surface area (Å²) in [5.41, 5.74) is 5.48. The number of carbonyl (C=O) groups excluding carboxylic acids is 1. The molecule has 1 fully saturated rings. The van der Waals surface area contributed by atoms with E-state index in [1.165, 1.54) is 0 Å². The van der Waals surface area contributed by atoms with Crippen LogP contribution in [0.3, 0.4) is 0 Å². The Kier molecular flexibility index (Phi) is 7.31. The highest BCUT2D eigenvalue weighted by Gasteiger charge is 2.12. The quantitative estimate of drug-likeness (QED) is 0.563. The minimum absolute atomic E-state index is 0. The van der Waals surface area contributed by atoms with Crippen molar-refractivity contribution in [3.05, 3.63) is 0 Å². The van der Waals surface area contributed by atoms with Crippen LogP contribution in [0.1, 0.15) is 12.8 Å². The van der Waals surface area contributed by atoms with Gasteiger partial charge >= 0.3 is 0 Å². The highest BCUT2D eigenvalue weighted by Crippen LogP contribution is 1.98. The molecule has 0 bridgehead atoms. The summed E-state index contributed by atoms with van der Waals surface area (Å²) in [7, 11) is 0. The lowest BCUT2D eigenvalue weighted by Gasteiger charge is -2.17. The molecule has 0 radical (unpaired) electrons. The zero-order chi connectivity index (χ0) is 5.98. The number of rotatable bonds is 0. The molecular formula is C5H12Cl2N2O. The van der Waals surface area contributed by atoms with Crippen LogP contribution in [-0.4, -0.2) is 18.5 Å². The van der Waals surface area contributed by atoms with E-state index >= 15 is 0 Å². The molecule has 3 nitrogen and oxygen atoms in total. The third-order valence-electron chi connectivity index (χ3n) is 1.30. The molecule has 1 aliphatic heterocycles. The molecule has 0 aromatic heterocycles. The lowest BCUT2D eigenvalue weighted by atomic mass is 10.1. The Labute approximate surface area is 72.6 Å². The molecule has 0 spiro atoms. The van der Waals surface area contributed by atoms with Crippen LogP contribution in [0.4, 0.5) is 0 Å². The van der Waals surface area contributed by atoms with E-state index in [0.29, 0.717) is 13.0 Å². The van der Waals surface area contributed by atoms with Crippen LogP contribution >= 0.6 is 24.8 Å². The molecule has 1 rings (SSSR count). The van der Waals surface area contributed by atoms with Crippen molar-refractivity contribution in [2.24, 2.45) is 5.73 Å².